The lowest BCUT2D eigenvalue weighted by atomic mass is 10.2. The van der Waals surface area contributed by atoms with Crippen molar-refractivity contribution in [1.82, 2.24) is 15.0 Å². The number of methoxy groups -OCH3 is 1. The smallest absolute Gasteiger partial charge is 0.240 e. The molecule has 0 N–H and O–H groups in total. The number of benzene rings is 2. The van der Waals surface area contributed by atoms with E-state index < -0.39 is 0 Å². The van der Waals surface area contributed by atoms with Gasteiger partial charge in [-0.1, -0.05) is 5.16 Å². The summed E-state index contributed by atoms with van der Waals surface area (Å²) in [5.41, 5.74) is 1.20. The van der Waals surface area contributed by atoms with E-state index in [1.54, 1.807) is 19.2 Å². The predicted molar refractivity (Wildman–Crippen MR) is 106 cm³/mol. The highest BCUT2D eigenvalue weighted by Crippen LogP contribution is 2.21. The Kier molecular flexibility index (Phi) is 5.90. The summed E-state index contributed by atoms with van der Waals surface area (Å²) in [5.74, 6) is 2.17. The molecule has 8 heteroatoms. The maximum Gasteiger partial charge on any atom is 0.240 e. The van der Waals surface area contributed by atoms with Crippen molar-refractivity contribution in [2.45, 2.75) is 13.2 Å². The molecule has 29 heavy (non-hydrogen) atoms. The number of hydrogen-bond acceptors (Lipinski definition) is 7. The standard InChI is InChI=1S/C21H23FN4O3/c1-27-18-8-4-17(5-9-18)26-12-10-25(11-13-26)14-21-23-20(24-29-21)15-28-19-6-2-16(22)3-7-19/h2-9H,10-15H2,1H3. The second-order valence-electron chi connectivity index (χ2n) is 6.81. The number of anilines is 1. The molecule has 1 saturated heterocycles. The molecule has 0 atom stereocenters. The first-order valence-corrected chi connectivity index (χ1v) is 9.51. The fourth-order valence-corrected chi connectivity index (χ4v) is 3.24. The van der Waals surface area contributed by atoms with Crippen molar-refractivity contribution in [3.8, 4) is 11.5 Å². The molecule has 0 bridgehead atoms. The zero-order valence-electron chi connectivity index (χ0n) is 16.3. The summed E-state index contributed by atoms with van der Waals surface area (Å²) in [5, 5.41) is 3.96. The summed E-state index contributed by atoms with van der Waals surface area (Å²) in [6.07, 6.45) is 0. The maximum absolute atomic E-state index is 12.9. The van der Waals surface area contributed by atoms with Gasteiger partial charge in [-0.3, -0.25) is 4.90 Å². The van der Waals surface area contributed by atoms with Crippen LogP contribution in [0, 0.1) is 5.82 Å². The van der Waals surface area contributed by atoms with Gasteiger partial charge >= 0.3 is 0 Å². The van der Waals surface area contributed by atoms with Crippen LogP contribution in [-0.2, 0) is 13.2 Å². The van der Waals surface area contributed by atoms with E-state index in [0.717, 1.165) is 31.9 Å². The van der Waals surface area contributed by atoms with Gasteiger partial charge in [0.1, 0.15) is 17.3 Å². The molecule has 152 valence electrons. The fourth-order valence-electron chi connectivity index (χ4n) is 3.24. The maximum atomic E-state index is 12.9. The van der Waals surface area contributed by atoms with E-state index in [1.807, 2.05) is 12.1 Å². The van der Waals surface area contributed by atoms with Crippen molar-refractivity contribution in [2.75, 3.05) is 38.2 Å². The van der Waals surface area contributed by atoms with Gasteiger partial charge in [-0.15, -0.1) is 0 Å². The molecule has 0 spiro atoms. The molecular weight excluding hydrogens is 375 g/mol. The molecule has 0 radical (unpaired) electrons. The summed E-state index contributed by atoms with van der Waals surface area (Å²) in [7, 11) is 1.67. The Morgan fingerprint density at radius 3 is 2.34 bits per heavy atom. The highest BCUT2D eigenvalue weighted by Gasteiger charge is 2.19. The van der Waals surface area contributed by atoms with Crippen LogP contribution in [0.4, 0.5) is 10.1 Å². The Morgan fingerprint density at radius 2 is 1.66 bits per heavy atom. The molecule has 1 aliphatic heterocycles. The molecule has 0 amide bonds. The molecule has 4 rings (SSSR count). The summed E-state index contributed by atoms with van der Waals surface area (Å²) in [4.78, 5) is 9.03. The lowest BCUT2D eigenvalue weighted by molar-refractivity contribution is 0.214. The van der Waals surface area contributed by atoms with Crippen LogP contribution in [0.25, 0.3) is 0 Å². The van der Waals surface area contributed by atoms with E-state index in [9.17, 15) is 4.39 Å². The number of ether oxygens (including phenoxy) is 2. The number of rotatable bonds is 7. The van der Waals surface area contributed by atoms with Gasteiger partial charge in [0.2, 0.25) is 11.7 Å². The first-order valence-electron chi connectivity index (χ1n) is 9.51. The van der Waals surface area contributed by atoms with Crippen LogP contribution >= 0.6 is 0 Å². The van der Waals surface area contributed by atoms with Gasteiger partial charge in [-0.25, -0.2) is 4.39 Å². The zero-order chi connectivity index (χ0) is 20.1. The molecular formula is C21H23FN4O3. The molecule has 0 aliphatic carbocycles. The summed E-state index contributed by atoms with van der Waals surface area (Å²) < 4.78 is 29.0. The van der Waals surface area contributed by atoms with Gasteiger partial charge in [0.15, 0.2) is 6.61 Å². The molecule has 0 saturated carbocycles. The molecule has 1 fully saturated rings. The minimum atomic E-state index is -0.300. The molecule has 2 aromatic carbocycles. The number of hydrogen-bond donors (Lipinski definition) is 0. The van der Waals surface area contributed by atoms with Crippen molar-refractivity contribution in [2.24, 2.45) is 0 Å². The quantitative estimate of drug-likeness (QED) is 0.606. The number of nitrogens with zero attached hydrogens (tertiary/aromatic N) is 4. The van der Waals surface area contributed by atoms with E-state index in [0.29, 0.717) is 24.0 Å². The lowest BCUT2D eigenvalue weighted by Gasteiger charge is -2.35. The van der Waals surface area contributed by atoms with E-state index in [4.69, 9.17) is 14.0 Å². The average molecular weight is 398 g/mol. The number of piperazine rings is 1. The van der Waals surface area contributed by atoms with Crippen LogP contribution < -0.4 is 14.4 Å². The van der Waals surface area contributed by atoms with Crippen LogP contribution in [0.5, 0.6) is 11.5 Å². The number of halogens is 1. The molecule has 2 heterocycles. The van der Waals surface area contributed by atoms with E-state index in [2.05, 4.69) is 32.1 Å². The number of aromatic nitrogens is 2. The van der Waals surface area contributed by atoms with Crippen LogP contribution in [0.2, 0.25) is 0 Å². The molecule has 7 nitrogen and oxygen atoms in total. The van der Waals surface area contributed by atoms with Gasteiger partial charge in [0.05, 0.1) is 13.7 Å². The largest absolute Gasteiger partial charge is 0.497 e. The average Bonchev–Trinajstić information content (AvgIpc) is 3.21. The van der Waals surface area contributed by atoms with Gasteiger partial charge in [-0.05, 0) is 48.5 Å². The Bertz CT molecular complexity index is 906. The minimum Gasteiger partial charge on any atom is -0.497 e. The van der Waals surface area contributed by atoms with E-state index in [-0.39, 0.29) is 12.4 Å². The second-order valence-corrected chi connectivity index (χ2v) is 6.81. The minimum absolute atomic E-state index is 0.181. The highest BCUT2D eigenvalue weighted by atomic mass is 19.1. The topological polar surface area (TPSA) is 63.9 Å². The summed E-state index contributed by atoms with van der Waals surface area (Å²) in [6, 6.07) is 14.0. The Labute approximate surface area is 168 Å². The third-order valence-corrected chi connectivity index (χ3v) is 4.86. The van der Waals surface area contributed by atoms with Gasteiger partial charge < -0.3 is 18.9 Å². The first-order chi connectivity index (χ1) is 14.2. The highest BCUT2D eigenvalue weighted by molar-refractivity contribution is 5.49. The van der Waals surface area contributed by atoms with Crippen LogP contribution in [-0.4, -0.2) is 48.3 Å². The summed E-state index contributed by atoms with van der Waals surface area (Å²) in [6.45, 7) is 4.48. The Hall–Kier alpha value is -3.13. The third kappa shape index (κ3) is 5.03. The lowest BCUT2D eigenvalue weighted by Crippen LogP contribution is -2.46. The zero-order valence-corrected chi connectivity index (χ0v) is 16.3. The predicted octanol–water partition coefficient (Wildman–Crippen LogP) is 3.12. The van der Waals surface area contributed by atoms with Crippen molar-refractivity contribution in [1.29, 1.82) is 0 Å². The molecule has 1 aromatic heterocycles. The fraction of sp³-hybridized carbons (Fsp3) is 0.333. The van der Waals surface area contributed by atoms with Crippen molar-refractivity contribution < 1.29 is 18.4 Å². The third-order valence-electron chi connectivity index (χ3n) is 4.86. The van der Waals surface area contributed by atoms with Crippen molar-refractivity contribution in [3.63, 3.8) is 0 Å². The van der Waals surface area contributed by atoms with Crippen LogP contribution in [0.1, 0.15) is 11.7 Å². The van der Waals surface area contributed by atoms with Crippen molar-refractivity contribution in [3.05, 3.63) is 66.1 Å². The van der Waals surface area contributed by atoms with Gasteiger partial charge in [0, 0.05) is 31.9 Å². The monoisotopic (exact) mass is 398 g/mol. The van der Waals surface area contributed by atoms with Crippen LogP contribution in [0.3, 0.4) is 0 Å². The second kappa shape index (κ2) is 8.91. The van der Waals surface area contributed by atoms with E-state index >= 15 is 0 Å². The Balaban J connectivity index is 1.24. The SMILES string of the molecule is COc1ccc(N2CCN(Cc3nc(COc4ccc(F)cc4)no3)CC2)cc1. The van der Waals surface area contributed by atoms with Crippen LogP contribution in [0.15, 0.2) is 53.1 Å². The first kappa shape index (κ1) is 19.2. The Morgan fingerprint density at radius 1 is 0.966 bits per heavy atom. The normalized spacial score (nSPS) is 14.8. The molecule has 1 aliphatic rings. The molecule has 0 unspecified atom stereocenters. The van der Waals surface area contributed by atoms with Crippen molar-refractivity contribution >= 4 is 5.69 Å². The summed E-state index contributed by atoms with van der Waals surface area (Å²) >= 11 is 0. The van der Waals surface area contributed by atoms with Gasteiger partial charge in [0.25, 0.3) is 0 Å². The molecule has 3 aromatic rings. The van der Waals surface area contributed by atoms with Gasteiger partial charge in [-0.2, -0.15) is 4.98 Å². The van der Waals surface area contributed by atoms with E-state index in [1.165, 1.54) is 17.8 Å².